The first-order chi connectivity index (χ1) is 13.1. The lowest BCUT2D eigenvalue weighted by Crippen LogP contribution is -2.28. The van der Waals surface area contributed by atoms with Crippen molar-refractivity contribution in [2.24, 2.45) is 0 Å². The van der Waals surface area contributed by atoms with Gasteiger partial charge in [0.25, 0.3) is 11.8 Å². The Morgan fingerprint density at radius 1 is 0.889 bits per heavy atom. The number of aromatic nitrogens is 1. The van der Waals surface area contributed by atoms with Crippen molar-refractivity contribution in [2.75, 3.05) is 18.4 Å². The highest BCUT2D eigenvalue weighted by Gasteiger charge is 2.22. The molecule has 2 aromatic carbocycles. The minimum Gasteiger partial charge on any atom is -0.339 e. The summed E-state index contributed by atoms with van der Waals surface area (Å²) in [5, 5.41) is 3.60. The second-order valence-electron chi connectivity index (χ2n) is 6.59. The van der Waals surface area contributed by atoms with Gasteiger partial charge in [-0.3, -0.25) is 14.4 Å². The van der Waals surface area contributed by atoms with E-state index in [1.807, 2.05) is 6.07 Å². The lowest BCUT2D eigenvalue weighted by atomic mass is 10.1. The number of carbonyl (C=O) groups excluding carboxylic acids is 2. The monoisotopic (exact) mass is 361 g/mol. The SMILES string of the molecule is O=C(Nc1ccccc1C(=O)N1CCCC1)c1cccc2ccc(=O)[nH]c12. The van der Waals surface area contributed by atoms with E-state index in [0.717, 1.165) is 31.3 Å². The van der Waals surface area contributed by atoms with Gasteiger partial charge in [-0.2, -0.15) is 0 Å². The van der Waals surface area contributed by atoms with Gasteiger partial charge in [-0.25, -0.2) is 0 Å². The minimum atomic E-state index is -0.371. The van der Waals surface area contributed by atoms with Gasteiger partial charge >= 0.3 is 0 Å². The fraction of sp³-hybridized carbons (Fsp3) is 0.190. The number of likely N-dealkylation sites (tertiary alicyclic amines) is 1. The standard InChI is InChI=1S/C21H19N3O3/c25-18-11-10-14-6-5-8-16(19(14)23-18)20(26)22-17-9-2-1-7-15(17)21(27)24-12-3-4-13-24/h1-2,5-11H,3-4,12-13H2,(H,22,26)(H,23,25). The molecule has 27 heavy (non-hydrogen) atoms. The van der Waals surface area contributed by atoms with Crippen molar-refractivity contribution in [3.63, 3.8) is 0 Å². The second-order valence-corrected chi connectivity index (χ2v) is 6.59. The number of amides is 2. The lowest BCUT2D eigenvalue weighted by molar-refractivity contribution is 0.0794. The number of fused-ring (bicyclic) bond motifs is 1. The molecule has 4 rings (SSSR count). The maximum absolute atomic E-state index is 12.9. The third-order valence-electron chi connectivity index (χ3n) is 4.80. The van der Waals surface area contributed by atoms with Crippen molar-refractivity contribution in [1.29, 1.82) is 0 Å². The zero-order chi connectivity index (χ0) is 18.8. The molecule has 0 unspecified atom stereocenters. The molecule has 6 nitrogen and oxygen atoms in total. The molecule has 2 amide bonds. The number of para-hydroxylation sites is 2. The predicted molar refractivity (Wildman–Crippen MR) is 104 cm³/mol. The topological polar surface area (TPSA) is 82.3 Å². The van der Waals surface area contributed by atoms with Gasteiger partial charge in [0.2, 0.25) is 5.56 Å². The van der Waals surface area contributed by atoms with Crippen molar-refractivity contribution in [3.8, 4) is 0 Å². The zero-order valence-electron chi connectivity index (χ0n) is 14.7. The molecule has 1 saturated heterocycles. The average Bonchev–Trinajstić information content (AvgIpc) is 3.22. The van der Waals surface area contributed by atoms with Crippen molar-refractivity contribution in [1.82, 2.24) is 9.88 Å². The van der Waals surface area contributed by atoms with Crippen LogP contribution in [0.3, 0.4) is 0 Å². The summed E-state index contributed by atoms with van der Waals surface area (Å²) in [6.45, 7) is 1.48. The summed E-state index contributed by atoms with van der Waals surface area (Å²) in [5.74, 6) is -0.446. The normalized spacial score (nSPS) is 13.7. The maximum Gasteiger partial charge on any atom is 0.257 e. The number of benzene rings is 2. The Labute approximate surface area is 155 Å². The van der Waals surface area contributed by atoms with Gasteiger partial charge in [0.15, 0.2) is 0 Å². The first kappa shape index (κ1) is 17.0. The molecule has 2 heterocycles. The smallest absolute Gasteiger partial charge is 0.257 e. The van der Waals surface area contributed by atoms with Crippen LogP contribution in [0.4, 0.5) is 5.69 Å². The van der Waals surface area contributed by atoms with E-state index in [4.69, 9.17) is 0 Å². The van der Waals surface area contributed by atoms with Gasteiger partial charge in [0.1, 0.15) is 0 Å². The van der Waals surface area contributed by atoms with Crippen molar-refractivity contribution < 1.29 is 9.59 Å². The van der Waals surface area contributed by atoms with Crippen molar-refractivity contribution in [3.05, 3.63) is 76.1 Å². The molecule has 0 saturated carbocycles. The number of H-pyrrole nitrogens is 1. The number of rotatable bonds is 3. The first-order valence-corrected chi connectivity index (χ1v) is 8.95. The third kappa shape index (κ3) is 3.33. The lowest BCUT2D eigenvalue weighted by Gasteiger charge is -2.18. The van der Waals surface area contributed by atoms with E-state index in [-0.39, 0.29) is 17.4 Å². The number of pyridine rings is 1. The molecule has 1 aromatic heterocycles. The quantitative estimate of drug-likeness (QED) is 0.752. The highest BCUT2D eigenvalue weighted by atomic mass is 16.2. The largest absolute Gasteiger partial charge is 0.339 e. The number of nitrogens with one attached hydrogen (secondary N) is 2. The Bertz CT molecular complexity index is 1080. The molecule has 1 aliphatic heterocycles. The van der Waals surface area contributed by atoms with Gasteiger partial charge < -0.3 is 15.2 Å². The summed E-state index contributed by atoms with van der Waals surface area (Å²) in [4.78, 5) is 41.8. The number of anilines is 1. The van der Waals surface area contributed by atoms with Crippen LogP contribution >= 0.6 is 0 Å². The molecule has 0 bridgehead atoms. The van der Waals surface area contributed by atoms with Crippen LogP contribution in [0.5, 0.6) is 0 Å². The molecule has 0 spiro atoms. The predicted octanol–water partition coefficient (Wildman–Crippen LogP) is 3.02. The van der Waals surface area contributed by atoms with E-state index in [2.05, 4.69) is 10.3 Å². The summed E-state index contributed by atoms with van der Waals surface area (Å²) < 4.78 is 0. The van der Waals surface area contributed by atoms with Gasteiger partial charge in [-0.1, -0.05) is 24.3 Å². The fourth-order valence-corrected chi connectivity index (χ4v) is 3.43. The maximum atomic E-state index is 12.9. The first-order valence-electron chi connectivity index (χ1n) is 8.95. The Hall–Kier alpha value is -3.41. The number of hydrogen-bond donors (Lipinski definition) is 2. The fourth-order valence-electron chi connectivity index (χ4n) is 3.43. The molecule has 0 atom stereocenters. The summed E-state index contributed by atoms with van der Waals surface area (Å²) in [6.07, 6.45) is 2.01. The summed E-state index contributed by atoms with van der Waals surface area (Å²) >= 11 is 0. The van der Waals surface area contributed by atoms with Gasteiger partial charge in [0.05, 0.1) is 22.3 Å². The Balaban J connectivity index is 1.67. The highest BCUT2D eigenvalue weighted by Crippen LogP contribution is 2.22. The van der Waals surface area contributed by atoms with E-state index in [1.165, 1.54) is 6.07 Å². The van der Waals surface area contributed by atoms with Crippen LogP contribution in [0.1, 0.15) is 33.6 Å². The molecule has 3 aromatic rings. The average molecular weight is 361 g/mol. The Morgan fingerprint density at radius 2 is 1.63 bits per heavy atom. The van der Waals surface area contributed by atoms with Crippen LogP contribution in [0.15, 0.2) is 59.4 Å². The molecular formula is C21H19N3O3. The third-order valence-corrected chi connectivity index (χ3v) is 4.80. The van der Waals surface area contributed by atoms with E-state index in [0.29, 0.717) is 22.3 Å². The van der Waals surface area contributed by atoms with Crippen LogP contribution in [0.2, 0.25) is 0 Å². The number of carbonyl (C=O) groups is 2. The van der Waals surface area contributed by atoms with Crippen LogP contribution in [-0.2, 0) is 0 Å². The van der Waals surface area contributed by atoms with Crippen LogP contribution < -0.4 is 10.9 Å². The molecular weight excluding hydrogens is 342 g/mol. The Morgan fingerprint density at radius 3 is 2.44 bits per heavy atom. The van der Waals surface area contributed by atoms with Gasteiger partial charge in [0, 0.05) is 19.2 Å². The number of aromatic amines is 1. The molecule has 0 radical (unpaired) electrons. The number of hydrogen-bond acceptors (Lipinski definition) is 3. The molecule has 1 aliphatic rings. The van der Waals surface area contributed by atoms with Crippen molar-refractivity contribution >= 4 is 28.4 Å². The minimum absolute atomic E-state index is 0.0743. The Kier molecular flexibility index (Phi) is 4.46. The molecule has 6 heteroatoms. The summed E-state index contributed by atoms with van der Waals surface area (Å²) in [5.41, 5.74) is 1.50. The van der Waals surface area contributed by atoms with Crippen LogP contribution in [-0.4, -0.2) is 34.8 Å². The molecule has 136 valence electrons. The summed E-state index contributed by atoms with van der Waals surface area (Å²) in [6, 6.07) is 15.3. The molecule has 2 N–H and O–H groups in total. The van der Waals surface area contributed by atoms with Crippen LogP contribution in [0, 0.1) is 0 Å². The molecule has 0 aliphatic carbocycles. The van der Waals surface area contributed by atoms with Crippen LogP contribution in [0.25, 0.3) is 10.9 Å². The van der Waals surface area contributed by atoms with Gasteiger partial charge in [-0.15, -0.1) is 0 Å². The van der Waals surface area contributed by atoms with E-state index in [9.17, 15) is 14.4 Å². The molecule has 1 fully saturated rings. The zero-order valence-corrected chi connectivity index (χ0v) is 14.7. The van der Waals surface area contributed by atoms with E-state index in [1.54, 1.807) is 47.4 Å². The summed E-state index contributed by atoms with van der Waals surface area (Å²) in [7, 11) is 0. The van der Waals surface area contributed by atoms with E-state index >= 15 is 0 Å². The van der Waals surface area contributed by atoms with Gasteiger partial charge in [-0.05, 0) is 42.5 Å². The highest BCUT2D eigenvalue weighted by molar-refractivity contribution is 6.14. The second kappa shape index (κ2) is 7.07. The van der Waals surface area contributed by atoms with Crippen molar-refractivity contribution in [2.45, 2.75) is 12.8 Å². The number of nitrogens with zero attached hydrogens (tertiary/aromatic N) is 1. The van der Waals surface area contributed by atoms with E-state index < -0.39 is 0 Å².